The summed E-state index contributed by atoms with van der Waals surface area (Å²) in [6.45, 7) is 0. The Labute approximate surface area is 169 Å². The van der Waals surface area contributed by atoms with Crippen molar-refractivity contribution in [2.24, 2.45) is 0 Å². The van der Waals surface area contributed by atoms with E-state index in [1.54, 1.807) is 6.07 Å². The van der Waals surface area contributed by atoms with Crippen molar-refractivity contribution >= 4 is 38.5 Å². The van der Waals surface area contributed by atoms with Crippen LogP contribution in [0.1, 0.15) is 5.56 Å². The first-order chi connectivity index (χ1) is 13.7. The van der Waals surface area contributed by atoms with Gasteiger partial charge in [0.25, 0.3) is 10.0 Å². The lowest BCUT2D eigenvalue weighted by Gasteiger charge is -2.14. The van der Waals surface area contributed by atoms with Gasteiger partial charge in [0.15, 0.2) is 0 Å². The fourth-order valence-electron chi connectivity index (χ4n) is 2.67. The van der Waals surface area contributed by atoms with Crippen LogP contribution in [-0.4, -0.2) is 44.0 Å². The molecule has 29 heavy (non-hydrogen) atoms. The molecule has 8 nitrogen and oxygen atoms in total. The molecule has 0 aliphatic carbocycles. The number of sulfonamides is 1. The van der Waals surface area contributed by atoms with E-state index in [9.17, 15) is 17.2 Å². The summed E-state index contributed by atoms with van der Waals surface area (Å²) < 4.78 is 63.7. The van der Waals surface area contributed by atoms with Crippen LogP contribution in [0, 0.1) is 0 Å². The molecule has 0 aliphatic rings. The zero-order chi connectivity index (χ0) is 21.2. The van der Waals surface area contributed by atoms with Crippen LogP contribution in [0.5, 0.6) is 11.8 Å². The van der Waals surface area contributed by atoms with Crippen molar-refractivity contribution in [3.63, 3.8) is 0 Å². The van der Waals surface area contributed by atoms with Crippen molar-refractivity contribution in [2.45, 2.75) is 17.7 Å². The highest BCUT2D eigenvalue weighted by atomic mass is 35.5. The average Bonchev–Trinajstić information content (AvgIpc) is 2.67. The molecule has 0 spiro atoms. The molecular formula is C17H15ClF2N4O4S. The van der Waals surface area contributed by atoms with Crippen LogP contribution >= 0.6 is 11.6 Å². The Morgan fingerprint density at radius 3 is 2.31 bits per heavy atom. The number of aromatic nitrogens is 3. The maximum Gasteiger partial charge on any atom is 0.264 e. The van der Waals surface area contributed by atoms with Crippen LogP contribution in [0.25, 0.3) is 10.9 Å². The predicted octanol–water partition coefficient (Wildman–Crippen LogP) is 3.30. The Bertz CT molecular complexity index is 1140. The number of halogens is 3. The van der Waals surface area contributed by atoms with Gasteiger partial charge in [0.2, 0.25) is 24.1 Å². The van der Waals surface area contributed by atoms with E-state index in [-0.39, 0.29) is 27.4 Å². The molecule has 0 saturated heterocycles. The SMILES string of the molecule is COc1nc(NS(=O)(=O)c2cccc3nc(Cl)ccc23)nc(OC)c1CC(F)F. The Morgan fingerprint density at radius 1 is 1.07 bits per heavy atom. The summed E-state index contributed by atoms with van der Waals surface area (Å²) in [5.41, 5.74) is 0.306. The Balaban J connectivity index is 2.05. The van der Waals surface area contributed by atoms with Gasteiger partial charge in [-0.1, -0.05) is 17.7 Å². The van der Waals surface area contributed by atoms with Crippen LogP contribution in [0.2, 0.25) is 5.15 Å². The number of nitrogens with one attached hydrogen (secondary N) is 1. The molecule has 3 rings (SSSR count). The van der Waals surface area contributed by atoms with Crippen LogP contribution in [0.3, 0.4) is 0 Å². The monoisotopic (exact) mass is 444 g/mol. The molecule has 2 aromatic heterocycles. The number of methoxy groups -OCH3 is 2. The van der Waals surface area contributed by atoms with Gasteiger partial charge >= 0.3 is 0 Å². The van der Waals surface area contributed by atoms with Gasteiger partial charge in [-0.05, 0) is 24.3 Å². The van der Waals surface area contributed by atoms with E-state index in [0.29, 0.717) is 10.9 Å². The minimum atomic E-state index is -4.16. The van der Waals surface area contributed by atoms with Crippen molar-refractivity contribution in [3.8, 4) is 11.8 Å². The molecule has 12 heteroatoms. The number of nitrogens with zero attached hydrogens (tertiary/aromatic N) is 3. The first-order valence-electron chi connectivity index (χ1n) is 8.10. The van der Waals surface area contributed by atoms with Gasteiger partial charge in [0.1, 0.15) is 5.15 Å². The van der Waals surface area contributed by atoms with Crippen molar-refractivity contribution in [2.75, 3.05) is 18.9 Å². The van der Waals surface area contributed by atoms with Crippen molar-refractivity contribution in [1.29, 1.82) is 0 Å². The molecule has 0 amide bonds. The lowest BCUT2D eigenvalue weighted by molar-refractivity contribution is 0.146. The first kappa shape index (κ1) is 20.9. The molecule has 0 saturated carbocycles. The zero-order valence-electron chi connectivity index (χ0n) is 15.2. The minimum Gasteiger partial charge on any atom is -0.481 e. The van der Waals surface area contributed by atoms with E-state index in [2.05, 4.69) is 19.7 Å². The lowest BCUT2D eigenvalue weighted by Crippen LogP contribution is -2.17. The lowest BCUT2D eigenvalue weighted by atomic mass is 10.2. The van der Waals surface area contributed by atoms with Crippen LogP contribution in [0.4, 0.5) is 14.7 Å². The topological polar surface area (TPSA) is 103 Å². The molecule has 0 atom stereocenters. The summed E-state index contributed by atoms with van der Waals surface area (Å²) in [6.07, 6.45) is -3.41. The van der Waals surface area contributed by atoms with E-state index in [4.69, 9.17) is 21.1 Å². The summed E-state index contributed by atoms with van der Waals surface area (Å²) in [6, 6.07) is 7.48. The number of alkyl halides is 2. The number of hydrogen-bond acceptors (Lipinski definition) is 7. The Kier molecular flexibility index (Phi) is 5.99. The van der Waals surface area contributed by atoms with Gasteiger partial charge in [-0.15, -0.1) is 0 Å². The smallest absolute Gasteiger partial charge is 0.264 e. The number of fused-ring (bicyclic) bond motifs is 1. The quantitative estimate of drug-likeness (QED) is 0.557. The normalized spacial score (nSPS) is 11.7. The first-order valence-corrected chi connectivity index (χ1v) is 9.96. The highest BCUT2D eigenvalue weighted by Crippen LogP contribution is 2.30. The van der Waals surface area contributed by atoms with Crippen LogP contribution in [0.15, 0.2) is 35.2 Å². The molecule has 0 fully saturated rings. The largest absolute Gasteiger partial charge is 0.481 e. The molecule has 154 valence electrons. The number of pyridine rings is 1. The predicted molar refractivity (Wildman–Crippen MR) is 102 cm³/mol. The molecule has 1 aromatic carbocycles. The van der Waals surface area contributed by atoms with Gasteiger partial charge in [-0.25, -0.2) is 26.9 Å². The molecule has 0 bridgehead atoms. The minimum absolute atomic E-state index is 0.0723. The van der Waals surface area contributed by atoms with Gasteiger partial charge in [-0.3, -0.25) is 0 Å². The second-order valence-electron chi connectivity index (χ2n) is 5.70. The average molecular weight is 445 g/mol. The standard InChI is InChI=1S/C17H15ClF2N4O4S/c1-27-15-10(8-14(19)20)16(28-2)23-17(22-15)24-29(25,26)12-5-3-4-11-9(12)6-7-13(18)21-11/h3-7,14H,8H2,1-2H3,(H,22,23,24). The van der Waals surface area contributed by atoms with Gasteiger partial charge in [0, 0.05) is 11.8 Å². The van der Waals surface area contributed by atoms with Gasteiger partial charge in [0.05, 0.1) is 30.2 Å². The fourth-order valence-corrected chi connectivity index (χ4v) is 3.98. The molecule has 0 aliphatic heterocycles. The summed E-state index contributed by atoms with van der Waals surface area (Å²) in [5.74, 6) is -0.835. The third-order valence-electron chi connectivity index (χ3n) is 3.85. The van der Waals surface area contributed by atoms with Crippen LogP contribution in [-0.2, 0) is 16.4 Å². The Hall–Kier alpha value is -2.79. The van der Waals surface area contributed by atoms with E-state index in [0.717, 1.165) is 0 Å². The van der Waals surface area contributed by atoms with Crippen molar-refractivity contribution in [3.05, 3.63) is 41.0 Å². The van der Waals surface area contributed by atoms with Gasteiger partial charge in [-0.2, -0.15) is 9.97 Å². The van der Waals surface area contributed by atoms with Crippen molar-refractivity contribution in [1.82, 2.24) is 15.0 Å². The molecule has 0 radical (unpaired) electrons. The summed E-state index contributed by atoms with van der Waals surface area (Å²) in [5, 5.41) is 0.546. The van der Waals surface area contributed by atoms with E-state index in [1.807, 2.05) is 0 Å². The Morgan fingerprint density at radius 2 is 1.72 bits per heavy atom. The number of benzene rings is 1. The van der Waals surface area contributed by atoms with Gasteiger partial charge < -0.3 is 9.47 Å². The van der Waals surface area contributed by atoms with E-state index < -0.39 is 28.8 Å². The van der Waals surface area contributed by atoms with Crippen LogP contribution < -0.4 is 14.2 Å². The maximum atomic E-state index is 12.9. The second kappa shape index (κ2) is 8.29. The maximum absolute atomic E-state index is 12.9. The van der Waals surface area contributed by atoms with Crippen molar-refractivity contribution < 1.29 is 26.7 Å². The highest BCUT2D eigenvalue weighted by Gasteiger charge is 2.24. The highest BCUT2D eigenvalue weighted by molar-refractivity contribution is 7.93. The van der Waals surface area contributed by atoms with E-state index >= 15 is 0 Å². The number of anilines is 1. The second-order valence-corrected chi connectivity index (χ2v) is 7.74. The third-order valence-corrected chi connectivity index (χ3v) is 5.45. The number of ether oxygens (including phenoxy) is 2. The number of hydrogen-bond donors (Lipinski definition) is 1. The molecule has 0 unspecified atom stereocenters. The summed E-state index contributed by atoms with van der Waals surface area (Å²) in [7, 11) is -1.72. The van der Waals surface area contributed by atoms with E-state index in [1.165, 1.54) is 38.5 Å². The zero-order valence-corrected chi connectivity index (χ0v) is 16.8. The fraction of sp³-hybridized carbons (Fsp3) is 0.235. The molecular weight excluding hydrogens is 430 g/mol. The third kappa shape index (κ3) is 4.46. The summed E-state index contributed by atoms with van der Waals surface area (Å²) in [4.78, 5) is 11.8. The number of rotatable bonds is 7. The molecule has 2 heterocycles. The molecule has 3 aromatic rings. The summed E-state index contributed by atoms with van der Waals surface area (Å²) >= 11 is 5.86. The molecule has 1 N–H and O–H groups in total.